The molecule has 0 spiro atoms. The number of aliphatic imine (C=N–C) groups is 1. The van der Waals surface area contributed by atoms with E-state index >= 15 is 0 Å². The molecule has 1 aliphatic carbocycles. The van der Waals surface area contributed by atoms with Crippen LogP contribution in [0.1, 0.15) is 25.8 Å². The van der Waals surface area contributed by atoms with E-state index in [-0.39, 0.29) is 11.6 Å². The molecule has 1 heterocycles. The molecular formula is C28H26NOP. The van der Waals surface area contributed by atoms with Crippen molar-refractivity contribution in [2.75, 3.05) is 0 Å². The second-order valence-corrected chi connectivity index (χ2v) is 10.6. The van der Waals surface area contributed by atoms with E-state index in [1.807, 2.05) is 0 Å². The van der Waals surface area contributed by atoms with Crippen LogP contribution in [0.5, 0.6) is 0 Å². The highest BCUT2D eigenvalue weighted by Crippen LogP contribution is 2.38. The second-order valence-electron chi connectivity index (χ2n) is 8.44. The highest BCUT2D eigenvalue weighted by molar-refractivity contribution is 7.80. The van der Waals surface area contributed by atoms with Gasteiger partial charge in [0.2, 0.25) is 5.90 Å². The molecule has 5 rings (SSSR count). The summed E-state index contributed by atoms with van der Waals surface area (Å²) in [5, 5.41) is 3.94. The Labute approximate surface area is 185 Å². The van der Waals surface area contributed by atoms with Gasteiger partial charge in [-0.1, -0.05) is 97.1 Å². The van der Waals surface area contributed by atoms with Crippen LogP contribution in [0.4, 0.5) is 0 Å². The first-order valence-electron chi connectivity index (χ1n) is 10.8. The van der Waals surface area contributed by atoms with E-state index in [1.54, 1.807) is 0 Å². The molecule has 31 heavy (non-hydrogen) atoms. The Balaban J connectivity index is 1.62. The molecule has 0 N–H and O–H groups in total. The summed E-state index contributed by atoms with van der Waals surface area (Å²) < 4.78 is 6.51. The van der Waals surface area contributed by atoms with Gasteiger partial charge in [-0.2, -0.15) is 0 Å². The minimum absolute atomic E-state index is 0.0465. The Kier molecular flexibility index (Phi) is 5.34. The van der Waals surface area contributed by atoms with E-state index in [2.05, 4.69) is 117 Å². The van der Waals surface area contributed by atoms with Crippen LogP contribution in [0.15, 0.2) is 114 Å². The molecule has 0 unspecified atom stereocenters. The van der Waals surface area contributed by atoms with Crippen molar-refractivity contribution in [3.8, 4) is 0 Å². The minimum Gasteiger partial charge on any atom is -0.469 e. The predicted octanol–water partition coefficient (Wildman–Crippen LogP) is 5.26. The standard InChI is InChI=1S/C28H26NOP/c1-28(2)26(21-13-9-10-14-21)29-27(30-28)24-19-11-12-20-25(24)31(22-15-5-3-6-16-22)23-17-7-4-8-18-23/h3-13,15-20,26H,14H2,1-2H3/t26-/m1/s1. The smallest absolute Gasteiger partial charge is 0.218 e. The quantitative estimate of drug-likeness (QED) is 0.514. The zero-order valence-electron chi connectivity index (χ0n) is 17.9. The second kappa shape index (κ2) is 8.29. The average molecular weight is 423 g/mol. The molecule has 1 atom stereocenters. The van der Waals surface area contributed by atoms with Crippen molar-refractivity contribution >= 4 is 29.7 Å². The summed E-state index contributed by atoms with van der Waals surface area (Å²) in [6, 6.07) is 30.2. The number of ether oxygens (including phenoxy) is 1. The van der Waals surface area contributed by atoms with Gasteiger partial charge in [0.25, 0.3) is 0 Å². The fourth-order valence-electron chi connectivity index (χ4n) is 4.36. The van der Waals surface area contributed by atoms with Crippen molar-refractivity contribution in [3.63, 3.8) is 0 Å². The molecule has 0 fully saturated rings. The van der Waals surface area contributed by atoms with Crippen molar-refractivity contribution in [2.24, 2.45) is 4.99 Å². The van der Waals surface area contributed by atoms with E-state index in [0.29, 0.717) is 0 Å². The summed E-state index contributed by atoms with van der Waals surface area (Å²) >= 11 is 0. The third kappa shape index (κ3) is 3.89. The molecule has 0 radical (unpaired) electrons. The molecule has 1 aliphatic heterocycles. The highest BCUT2D eigenvalue weighted by atomic mass is 31.1. The lowest BCUT2D eigenvalue weighted by atomic mass is 9.92. The Hall–Kier alpha value is -2.96. The molecule has 3 aromatic rings. The summed E-state index contributed by atoms with van der Waals surface area (Å²) in [4.78, 5) is 5.12. The summed E-state index contributed by atoms with van der Waals surface area (Å²) in [6.45, 7) is 4.29. The Bertz CT molecular complexity index is 1120. The Morgan fingerprint density at radius 2 is 1.45 bits per heavy atom. The Morgan fingerprint density at radius 1 is 0.839 bits per heavy atom. The zero-order valence-corrected chi connectivity index (χ0v) is 18.8. The van der Waals surface area contributed by atoms with Crippen molar-refractivity contribution in [1.29, 1.82) is 0 Å². The average Bonchev–Trinajstić information content (AvgIpc) is 3.43. The van der Waals surface area contributed by atoms with E-state index in [9.17, 15) is 0 Å². The minimum atomic E-state index is -0.726. The van der Waals surface area contributed by atoms with Crippen molar-refractivity contribution < 1.29 is 4.74 Å². The number of allylic oxidation sites excluding steroid dienone is 3. The number of nitrogens with zero attached hydrogens (tertiary/aromatic N) is 1. The van der Waals surface area contributed by atoms with Gasteiger partial charge in [0.1, 0.15) is 11.6 Å². The lowest BCUT2D eigenvalue weighted by Gasteiger charge is -2.26. The molecule has 154 valence electrons. The Morgan fingerprint density at radius 3 is 2.06 bits per heavy atom. The number of hydrogen-bond donors (Lipinski definition) is 0. The summed E-state index contributed by atoms with van der Waals surface area (Å²) in [6.07, 6.45) is 7.46. The summed E-state index contributed by atoms with van der Waals surface area (Å²) in [5.74, 6) is 0.762. The van der Waals surface area contributed by atoms with Crippen molar-refractivity contribution in [2.45, 2.75) is 31.9 Å². The molecular weight excluding hydrogens is 397 g/mol. The molecule has 0 amide bonds. The topological polar surface area (TPSA) is 21.6 Å². The van der Waals surface area contributed by atoms with Crippen LogP contribution in [0.25, 0.3) is 0 Å². The number of hydrogen-bond acceptors (Lipinski definition) is 2. The maximum absolute atomic E-state index is 6.51. The van der Waals surface area contributed by atoms with E-state index < -0.39 is 7.92 Å². The first-order valence-corrected chi connectivity index (χ1v) is 12.1. The number of rotatable bonds is 5. The van der Waals surface area contributed by atoms with Gasteiger partial charge in [-0.3, -0.25) is 0 Å². The van der Waals surface area contributed by atoms with Gasteiger partial charge in [-0.15, -0.1) is 0 Å². The van der Waals surface area contributed by atoms with Gasteiger partial charge in [0, 0.05) is 5.56 Å². The molecule has 0 saturated carbocycles. The van der Waals surface area contributed by atoms with Crippen LogP contribution in [0.3, 0.4) is 0 Å². The van der Waals surface area contributed by atoms with Gasteiger partial charge >= 0.3 is 0 Å². The molecule has 3 heteroatoms. The van der Waals surface area contributed by atoms with Crippen LogP contribution in [0, 0.1) is 0 Å². The third-order valence-electron chi connectivity index (χ3n) is 5.82. The molecule has 2 nitrogen and oxygen atoms in total. The summed E-state index contributed by atoms with van der Waals surface area (Å²) in [7, 11) is -0.726. The monoisotopic (exact) mass is 423 g/mol. The molecule has 2 aliphatic rings. The molecule has 3 aromatic carbocycles. The zero-order chi connectivity index (χ0) is 21.3. The van der Waals surface area contributed by atoms with Crippen molar-refractivity contribution in [3.05, 3.63) is 114 Å². The third-order valence-corrected chi connectivity index (χ3v) is 8.32. The molecule has 0 aromatic heterocycles. The fourth-order valence-corrected chi connectivity index (χ4v) is 6.80. The number of benzene rings is 3. The molecule has 0 bridgehead atoms. The lowest BCUT2D eigenvalue weighted by Crippen LogP contribution is -2.35. The van der Waals surface area contributed by atoms with Crippen LogP contribution < -0.4 is 15.9 Å². The predicted molar refractivity (Wildman–Crippen MR) is 132 cm³/mol. The van der Waals surface area contributed by atoms with E-state index in [0.717, 1.165) is 17.9 Å². The fraction of sp³-hybridized carbons (Fsp3) is 0.179. The van der Waals surface area contributed by atoms with Gasteiger partial charge in [0.15, 0.2) is 0 Å². The molecule has 0 saturated heterocycles. The van der Waals surface area contributed by atoms with Gasteiger partial charge in [-0.25, -0.2) is 4.99 Å². The van der Waals surface area contributed by atoms with E-state index in [1.165, 1.54) is 21.5 Å². The van der Waals surface area contributed by atoms with Gasteiger partial charge < -0.3 is 4.74 Å². The normalized spacial score (nSPS) is 19.3. The van der Waals surface area contributed by atoms with Gasteiger partial charge in [-0.05, 0) is 55.7 Å². The largest absolute Gasteiger partial charge is 0.469 e. The first kappa shape index (κ1) is 20.0. The maximum Gasteiger partial charge on any atom is 0.218 e. The van der Waals surface area contributed by atoms with Crippen LogP contribution in [-0.2, 0) is 4.74 Å². The summed E-state index contributed by atoms with van der Waals surface area (Å²) in [5.41, 5.74) is 2.07. The van der Waals surface area contributed by atoms with Crippen molar-refractivity contribution in [1.82, 2.24) is 0 Å². The van der Waals surface area contributed by atoms with Gasteiger partial charge in [0.05, 0.1) is 0 Å². The highest BCUT2D eigenvalue weighted by Gasteiger charge is 2.41. The van der Waals surface area contributed by atoms with E-state index in [4.69, 9.17) is 9.73 Å². The first-order chi connectivity index (χ1) is 15.1. The maximum atomic E-state index is 6.51. The lowest BCUT2D eigenvalue weighted by molar-refractivity contribution is 0.108. The van der Waals surface area contributed by atoms with Crippen LogP contribution >= 0.6 is 7.92 Å². The van der Waals surface area contributed by atoms with Crippen LogP contribution in [0.2, 0.25) is 0 Å². The van der Waals surface area contributed by atoms with Crippen LogP contribution in [-0.4, -0.2) is 17.5 Å². The SMILES string of the molecule is CC1(C)OC(c2ccccc2P(c2ccccc2)c2ccccc2)=N[C@@H]1C1=CC=CC1.